The van der Waals surface area contributed by atoms with Crippen LogP contribution in [0.15, 0.2) is 36.7 Å². The summed E-state index contributed by atoms with van der Waals surface area (Å²) >= 11 is 5.89. The maximum absolute atomic E-state index is 12.6. The lowest BCUT2D eigenvalue weighted by Crippen LogP contribution is -2.38. The molecule has 1 fully saturated rings. The number of rotatable bonds is 5. The minimum Gasteiger partial charge on any atom is -0.370 e. The van der Waals surface area contributed by atoms with Crippen LogP contribution >= 0.6 is 11.6 Å². The first-order chi connectivity index (χ1) is 12.1. The van der Waals surface area contributed by atoms with Crippen molar-refractivity contribution in [2.75, 3.05) is 25.0 Å². The molecule has 2 heterocycles. The van der Waals surface area contributed by atoms with E-state index in [-0.39, 0.29) is 5.91 Å². The molecule has 25 heavy (non-hydrogen) atoms. The highest BCUT2D eigenvalue weighted by Crippen LogP contribution is 2.18. The number of piperidine rings is 1. The van der Waals surface area contributed by atoms with Gasteiger partial charge in [0.15, 0.2) is 0 Å². The summed E-state index contributed by atoms with van der Waals surface area (Å²) < 4.78 is 0. The van der Waals surface area contributed by atoms with Crippen molar-refractivity contribution in [2.24, 2.45) is 5.92 Å². The van der Waals surface area contributed by atoms with Gasteiger partial charge < -0.3 is 10.2 Å². The summed E-state index contributed by atoms with van der Waals surface area (Å²) in [6.07, 6.45) is 4.42. The van der Waals surface area contributed by atoms with Crippen molar-refractivity contribution in [3.8, 4) is 0 Å². The Labute approximate surface area is 153 Å². The van der Waals surface area contributed by atoms with Crippen molar-refractivity contribution >= 4 is 23.3 Å². The Kier molecular flexibility index (Phi) is 5.87. The molecule has 1 saturated heterocycles. The van der Waals surface area contributed by atoms with Crippen LogP contribution in [0.1, 0.15) is 35.8 Å². The number of hydrogen-bond donors (Lipinski definition) is 1. The monoisotopic (exact) mass is 358 g/mol. The van der Waals surface area contributed by atoms with E-state index in [4.69, 9.17) is 11.6 Å². The Morgan fingerprint density at radius 1 is 1.24 bits per heavy atom. The van der Waals surface area contributed by atoms with Gasteiger partial charge in [-0.15, -0.1) is 0 Å². The number of halogens is 1. The molecule has 0 radical (unpaired) electrons. The molecule has 1 N–H and O–H groups in total. The first kappa shape index (κ1) is 17.7. The molecule has 0 unspecified atom stereocenters. The fourth-order valence-corrected chi connectivity index (χ4v) is 3.06. The highest BCUT2D eigenvalue weighted by atomic mass is 35.5. The summed E-state index contributed by atoms with van der Waals surface area (Å²) in [5.41, 5.74) is 1.66. The first-order valence-electron chi connectivity index (χ1n) is 8.71. The number of carbonyl (C=O) groups excluding carboxylic acids is 1. The van der Waals surface area contributed by atoms with Gasteiger partial charge in [-0.05, 0) is 42.9 Å². The molecule has 1 aromatic heterocycles. The third kappa shape index (κ3) is 4.92. The third-order valence-corrected chi connectivity index (χ3v) is 4.84. The zero-order valence-corrected chi connectivity index (χ0v) is 15.2. The van der Waals surface area contributed by atoms with Gasteiger partial charge in [0.05, 0.1) is 0 Å². The molecule has 0 atom stereocenters. The molecule has 5 nitrogen and oxygen atoms in total. The van der Waals surface area contributed by atoms with Crippen LogP contribution in [-0.2, 0) is 6.42 Å². The fraction of sp³-hybridized carbons (Fsp3) is 0.421. The summed E-state index contributed by atoms with van der Waals surface area (Å²) in [5, 5.41) is 4.00. The van der Waals surface area contributed by atoms with E-state index in [9.17, 15) is 4.79 Å². The molecule has 1 aliphatic rings. The van der Waals surface area contributed by atoms with Gasteiger partial charge in [-0.2, -0.15) is 0 Å². The van der Waals surface area contributed by atoms with E-state index in [1.807, 2.05) is 29.2 Å². The number of carbonyl (C=O) groups is 1. The van der Waals surface area contributed by atoms with Gasteiger partial charge in [-0.3, -0.25) is 4.79 Å². The van der Waals surface area contributed by atoms with Crippen LogP contribution in [0.2, 0.25) is 5.02 Å². The number of amides is 1. The Morgan fingerprint density at radius 2 is 1.96 bits per heavy atom. The van der Waals surface area contributed by atoms with Crippen LogP contribution in [0.4, 0.5) is 5.82 Å². The van der Waals surface area contributed by atoms with Crippen molar-refractivity contribution in [3.63, 3.8) is 0 Å². The molecular weight excluding hydrogens is 336 g/mol. The van der Waals surface area contributed by atoms with Crippen molar-refractivity contribution in [1.82, 2.24) is 14.9 Å². The lowest BCUT2D eigenvalue weighted by Gasteiger charge is -2.30. The van der Waals surface area contributed by atoms with E-state index in [1.54, 1.807) is 6.07 Å². The summed E-state index contributed by atoms with van der Waals surface area (Å²) in [6, 6.07) is 9.53. The lowest BCUT2D eigenvalue weighted by molar-refractivity contribution is 0.0691. The molecule has 6 heteroatoms. The van der Waals surface area contributed by atoms with Crippen LogP contribution in [0.5, 0.6) is 0 Å². The fourth-order valence-electron chi connectivity index (χ4n) is 2.93. The van der Waals surface area contributed by atoms with E-state index >= 15 is 0 Å². The molecule has 0 saturated carbocycles. The molecule has 132 valence electrons. The second kappa shape index (κ2) is 8.30. The normalized spacial score (nSPS) is 15.2. The van der Waals surface area contributed by atoms with Crippen molar-refractivity contribution < 1.29 is 4.79 Å². The van der Waals surface area contributed by atoms with E-state index in [2.05, 4.69) is 22.2 Å². The van der Waals surface area contributed by atoms with Gasteiger partial charge in [0.25, 0.3) is 5.91 Å². The molecule has 1 amide bonds. The van der Waals surface area contributed by atoms with Gasteiger partial charge in [0.1, 0.15) is 17.8 Å². The molecule has 0 spiro atoms. The molecule has 2 aromatic rings. The standard InChI is InChI=1S/C19H23ClN4O/c1-14-7-10-24(11-8-14)19(25)17-12-18(23-13-22-17)21-9-6-15-2-4-16(20)5-3-15/h2-5,12-14H,6-11H2,1H3,(H,21,22,23). The maximum atomic E-state index is 12.6. The SMILES string of the molecule is CC1CCN(C(=O)c2cc(NCCc3ccc(Cl)cc3)ncn2)CC1. The predicted octanol–water partition coefficient (Wildman–Crippen LogP) is 3.66. The largest absolute Gasteiger partial charge is 0.370 e. The van der Waals surface area contributed by atoms with Crippen molar-refractivity contribution in [3.05, 3.63) is 52.9 Å². The van der Waals surface area contributed by atoms with E-state index in [0.29, 0.717) is 17.4 Å². The topological polar surface area (TPSA) is 58.1 Å². The van der Waals surface area contributed by atoms with E-state index in [1.165, 1.54) is 11.9 Å². The number of likely N-dealkylation sites (tertiary alicyclic amines) is 1. The summed E-state index contributed by atoms with van der Waals surface area (Å²) in [4.78, 5) is 22.8. The number of anilines is 1. The second-order valence-corrected chi connectivity index (χ2v) is 7.00. The zero-order valence-electron chi connectivity index (χ0n) is 14.4. The van der Waals surface area contributed by atoms with Gasteiger partial charge in [-0.25, -0.2) is 9.97 Å². The summed E-state index contributed by atoms with van der Waals surface area (Å²) in [7, 11) is 0. The zero-order chi connectivity index (χ0) is 17.6. The molecule has 0 bridgehead atoms. The minimum absolute atomic E-state index is 0.00458. The Balaban J connectivity index is 1.55. The summed E-state index contributed by atoms with van der Waals surface area (Å²) in [5.74, 6) is 1.37. The van der Waals surface area contributed by atoms with E-state index in [0.717, 1.165) is 43.9 Å². The predicted molar refractivity (Wildman–Crippen MR) is 100.0 cm³/mol. The Morgan fingerprint density at radius 3 is 2.68 bits per heavy atom. The van der Waals surface area contributed by atoms with Gasteiger partial charge in [-0.1, -0.05) is 30.7 Å². The van der Waals surface area contributed by atoms with Crippen LogP contribution in [0.25, 0.3) is 0 Å². The average molecular weight is 359 g/mol. The van der Waals surface area contributed by atoms with Crippen LogP contribution < -0.4 is 5.32 Å². The van der Waals surface area contributed by atoms with Gasteiger partial charge in [0, 0.05) is 30.7 Å². The van der Waals surface area contributed by atoms with Gasteiger partial charge >= 0.3 is 0 Å². The Bertz CT molecular complexity index is 712. The number of hydrogen-bond acceptors (Lipinski definition) is 4. The maximum Gasteiger partial charge on any atom is 0.272 e. The average Bonchev–Trinajstić information content (AvgIpc) is 2.64. The molecule has 1 aliphatic heterocycles. The number of nitrogens with one attached hydrogen (secondary N) is 1. The van der Waals surface area contributed by atoms with E-state index < -0.39 is 0 Å². The highest BCUT2D eigenvalue weighted by molar-refractivity contribution is 6.30. The second-order valence-electron chi connectivity index (χ2n) is 6.57. The smallest absolute Gasteiger partial charge is 0.272 e. The van der Waals surface area contributed by atoms with Crippen LogP contribution in [-0.4, -0.2) is 40.4 Å². The number of benzene rings is 1. The molecule has 0 aliphatic carbocycles. The lowest BCUT2D eigenvalue weighted by atomic mass is 9.99. The number of nitrogens with zero attached hydrogens (tertiary/aromatic N) is 3. The highest BCUT2D eigenvalue weighted by Gasteiger charge is 2.22. The Hall–Kier alpha value is -2.14. The molecule has 3 rings (SSSR count). The van der Waals surface area contributed by atoms with Gasteiger partial charge in [0.2, 0.25) is 0 Å². The summed E-state index contributed by atoms with van der Waals surface area (Å²) in [6.45, 7) is 4.58. The van der Waals surface area contributed by atoms with Crippen molar-refractivity contribution in [1.29, 1.82) is 0 Å². The minimum atomic E-state index is -0.00458. The molecule has 1 aromatic carbocycles. The van der Waals surface area contributed by atoms with Crippen molar-refractivity contribution in [2.45, 2.75) is 26.2 Å². The first-order valence-corrected chi connectivity index (χ1v) is 9.09. The molecular formula is C19H23ClN4O. The third-order valence-electron chi connectivity index (χ3n) is 4.59. The quantitative estimate of drug-likeness (QED) is 0.886. The number of aromatic nitrogens is 2. The van der Waals surface area contributed by atoms with Crippen LogP contribution in [0, 0.1) is 5.92 Å². The van der Waals surface area contributed by atoms with Crippen LogP contribution in [0.3, 0.4) is 0 Å².